The minimum Gasteiger partial charge on any atom is -0.478 e. The summed E-state index contributed by atoms with van der Waals surface area (Å²) in [5.41, 5.74) is -0.0195. The van der Waals surface area contributed by atoms with Crippen molar-refractivity contribution >= 4 is 58.7 Å². The van der Waals surface area contributed by atoms with Crippen molar-refractivity contribution in [1.82, 2.24) is 0 Å². The smallest absolute Gasteiger partial charge is 0.336 e. The Morgan fingerprint density at radius 1 is 0.643 bits per heavy atom. The van der Waals surface area contributed by atoms with E-state index in [0.29, 0.717) is 29.6 Å². The largest absolute Gasteiger partial charge is 0.478 e. The zero-order chi connectivity index (χ0) is 20.3. The summed E-state index contributed by atoms with van der Waals surface area (Å²) >= 11 is 14.5. The lowest BCUT2D eigenvalue weighted by atomic mass is 10.1. The second-order valence-electron chi connectivity index (χ2n) is 5.52. The molecule has 0 bridgehead atoms. The fourth-order valence-corrected chi connectivity index (χ4v) is 4.82. The molecule has 3 rings (SSSR count). The van der Waals surface area contributed by atoms with E-state index in [4.69, 9.17) is 23.2 Å². The van der Waals surface area contributed by atoms with Crippen LogP contribution in [0.25, 0.3) is 0 Å². The van der Waals surface area contributed by atoms with E-state index in [1.54, 1.807) is 48.5 Å². The molecule has 0 spiro atoms. The first-order valence-electron chi connectivity index (χ1n) is 7.86. The van der Waals surface area contributed by atoms with Crippen LogP contribution in [0.3, 0.4) is 0 Å². The van der Waals surface area contributed by atoms with Crippen LogP contribution in [0.1, 0.15) is 20.7 Å². The Balaban J connectivity index is 2.10. The number of carboxylic acids is 2. The average Bonchev–Trinajstić information content (AvgIpc) is 2.65. The van der Waals surface area contributed by atoms with E-state index in [1.165, 1.54) is 12.1 Å². The second kappa shape index (κ2) is 8.92. The highest BCUT2D eigenvalue weighted by Crippen LogP contribution is 2.41. The summed E-state index contributed by atoms with van der Waals surface area (Å²) in [7, 11) is 0. The maximum Gasteiger partial charge on any atom is 0.336 e. The number of halogens is 2. The highest BCUT2D eigenvalue weighted by molar-refractivity contribution is 8.00. The fraction of sp³-hybridized carbons (Fsp3) is 0. The van der Waals surface area contributed by atoms with Crippen molar-refractivity contribution in [2.75, 3.05) is 0 Å². The topological polar surface area (TPSA) is 74.6 Å². The molecule has 0 unspecified atom stereocenters. The maximum atomic E-state index is 11.8. The molecule has 4 nitrogen and oxygen atoms in total. The lowest BCUT2D eigenvalue weighted by Crippen LogP contribution is -2.05. The quantitative estimate of drug-likeness (QED) is 0.435. The number of hydrogen-bond acceptors (Lipinski definition) is 4. The first kappa shape index (κ1) is 20.6. The van der Waals surface area contributed by atoms with Gasteiger partial charge in [-0.1, -0.05) is 71.0 Å². The van der Waals surface area contributed by atoms with Crippen molar-refractivity contribution in [3.8, 4) is 0 Å². The molecule has 0 fully saturated rings. The first-order chi connectivity index (χ1) is 13.4. The van der Waals surface area contributed by atoms with Gasteiger partial charge in [0.25, 0.3) is 0 Å². The van der Waals surface area contributed by atoms with E-state index < -0.39 is 11.9 Å². The number of aromatic carboxylic acids is 2. The molecule has 2 N–H and O–H groups in total. The van der Waals surface area contributed by atoms with Gasteiger partial charge in [0.2, 0.25) is 0 Å². The lowest BCUT2D eigenvalue weighted by Gasteiger charge is -2.13. The SMILES string of the molecule is O=C(O)c1cc(Sc2ccccc2Cl)c(C(=O)O)cc1Sc1ccccc1Cl. The van der Waals surface area contributed by atoms with Gasteiger partial charge in [-0.15, -0.1) is 0 Å². The zero-order valence-corrected chi connectivity index (χ0v) is 17.2. The standard InChI is InChI=1S/C20H12Cl2O4S2/c21-13-5-1-3-7-15(13)27-17-9-12(20(25)26)18(10-11(17)19(23)24)28-16-8-4-2-6-14(16)22/h1-10H,(H,23,24)(H,25,26). The summed E-state index contributed by atoms with van der Waals surface area (Å²) in [6, 6.07) is 16.6. The molecular formula is C20H12Cl2O4S2. The summed E-state index contributed by atoms with van der Waals surface area (Å²) in [4.78, 5) is 25.5. The normalized spacial score (nSPS) is 10.6. The van der Waals surface area contributed by atoms with Gasteiger partial charge < -0.3 is 10.2 Å². The molecular weight excluding hydrogens is 439 g/mol. The highest BCUT2D eigenvalue weighted by Gasteiger charge is 2.21. The highest BCUT2D eigenvalue weighted by atomic mass is 35.5. The van der Waals surface area contributed by atoms with Gasteiger partial charge in [0.15, 0.2) is 0 Å². The van der Waals surface area contributed by atoms with Crippen LogP contribution in [0.2, 0.25) is 10.0 Å². The summed E-state index contributed by atoms with van der Waals surface area (Å²) in [5, 5.41) is 20.2. The molecule has 0 aromatic heterocycles. The van der Waals surface area contributed by atoms with E-state index >= 15 is 0 Å². The number of rotatable bonds is 6. The predicted octanol–water partition coefficient (Wildman–Crippen LogP) is 6.69. The van der Waals surface area contributed by atoms with Gasteiger partial charge in [-0.05, 0) is 36.4 Å². The van der Waals surface area contributed by atoms with Gasteiger partial charge in [-0.3, -0.25) is 0 Å². The Bertz CT molecular complexity index is 985. The van der Waals surface area contributed by atoms with Crippen LogP contribution in [0.15, 0.2) is 80.2 Å². The average molecular weight is 451 g/mol. The van der Waals surface area contributed by atoms with Gasteiger partial charge in [-0.25, -0.2) is 9.59 Å². The molecule has 8 heteroatoms. The monoisotopic (exact) mass is 450 g/mol. The van der Waals surface area contributed by atoms with Gasteiger partial charge >= 0.3 is 11.9 Å². The number of benzene rings is 3. The molecule has 0 atom stereocenters. The Morgan fingerprint density at radius 3 is 1.32 bits per heavy atom. The zero-order valence-electron chi connectivity index (χ0n) is 14.1. The summed E-state index contributed by atoms with van der Waals surface area (Å²) < 4.78 is 0. The maximum absolute atomic E-state index is 11.8. The van der Waals surface area contributed by atoms with Crippen molar-refractivity contribution < 1.29 is 19.8 Å². The van der Waals surface area contributed by atoms with E-state index in [-0.39, 0.29) is 11.1 Å². The molecule has 0 aliphatic carbocycles. The van der Waals surface area contributed by atoms with E-state index in [0.717, 1.165) is 23.5 Å². The predicted molar refractivity (Wildman–Crippen MR) is 112 cm³/mol. The van der Waals surface area contributed by atoms with Crippen molar-refractivity contribution in [1.29, 1.82) is 0 Å². The third kappa shape index (κ3) is 4.64. The van der Waals surface area contributed by atoms with E-state index in [1.807, 2.05) is 0 Å². The Labute approximate surface area is 179 Å². The first-order valence-corrected chi connectivity index (χ1v) is 10.2. The van der Waals surface area contributed by atoms with Crippen LogP contribution in [0.4, 0.5) is 0 Å². The van der Waals surface area contributed by atoms with Crippen molar-refractivity contribution in [2.24, 2.45) is 0 Å². The third-order valence-electron chi connectivity index (χ3n) is 3.66. The molecule has 28 heavy (non-hydrogen) atoms. The number of carbonyl (C=O) groups is 2. The molecule has 0 saturated heterocycles. The van der Waals surface area contributed by atoms with E-state index in [9.17, 15) is 19.8 Å². The third-order valence-corrected chi connectivity index (χ3v) is 6.81. The van der Waals surface area contributed by atoms with Crippen molar-refractivity contribution in [3.63, 3.8) is 0 Å². The van der Waals surface area contributed by atoms with Crippen LogP contribution in [-0.2, 0) is 0 Å². The van der Waals surface area contributed by atoms with Crippen molar-refractivity contribution in [2.45, 2.75) is 19.6 Å². The Morgan fingerprint density at radius 2 is 1.00 bits per heavy atom. The molecule has 0 aliphatic heterocycles. The van der Waals surface area contributed by atoms with Gasteiger partial charge in [0, 0.05) is 19.6 Å². The van der Waals surface area contributed by atoms with Crippen LogP contribution in [-0.4, -0.2) is 22.2 Å². The number of hydrogen-bond donors (Lipinski definition) is 2. The molecule has 0 radical (unpaired) electrons. The summed E-state index contributed by atoms with van der Waals surface area (Å²) in [5.74, 6) is -2.32. The van der Waals surface area contributed by atoms with Crippen LogP contribution in [0.5, 0.6) is 0 Å². The molecule has 0 heterocycles. The summed E-state index contributed by atoms with van der Waals surface area (Å²) in [6.07, 6.45) is 0. The fourth-order valence-electron chi connectivity index (χ4n) is 2.36. The van der Waals surface area contributed by atoms with Crippen molar-refractivity contribution in [3.05, 3.63) is 81.8 Å². The molecule has 0 aliphatic rings. The molecule has 3 aromatic rings. The second-order valence-corrected chi connectivity index (χ2v) is 8.50. The molecule has 0 amide bonds. The minimum absolute atomic E-state index is 0.00975. The molecule has 0 saturated carbocycles. The van der Waals surface area contributed by atoms with E-state index in [2.05, 4.69) is 0 Å². The van der Waals surface area contributed by atoms with Gasteiger partial charge in [-0.2, -0.15) is 0 Å². The Hall–Kier alpha value is -2.12. The molecule has 142 valence electrons. The number of carboxylic acid groups (broad SMARTS) is 2. The lowest BCUT2D eigenvalue weighted by molar-refractivity contribution is 0.0675. The van der Waals surface area contributed by atoms with Gasteiger partial charge in [0.05, 0.1) is 21.2 Å². The van der Waals surface area contributed by atoms with Crippen LogP contribution in [0, 0.1) is 0 Å². The van der Waals surface area contributed by atoms with Crippen LogP contribution >= 0.6 is 46.7 Å². The minimum atomic E-state index is -1.16. The van der Waals surface area contributed by atoms with Gasteiger partial charge in [0.1, 0.15) is 0 Å². The molecule has 3 aromatic carbocycles. The Kier molecular flexibility index (Phi) is 6.57. The summed E-state index contributed by atoms with van der Waals surface area (Å²) in [6.45, 7) is 0. The van der Waals surface area contributed by atoms with Crippen LogP contribution < -0.4 is 0 Å².